The lowest BCUT2D eigenvalue weighted by molar-refractivity contribution is -0.166. The summed E-state index contributed by atoms with van der Waals surface area (Å²) in [5.41, 5.74) is 6.71. The Morgan fingerprint density at radius 1 is 0.330 bits per heavy atom. The molecule has 0 spiro atoms. The Morgan fingerprint density at radius 3 is 0.913 bits per heavy atom. The summed E-state index contributed by atoms with van der Waals surface area (Å²) in [4.78, 5) is 94.1. The normalized spacial score (nSPS) is 11.0. The third kappa shape index (κ3) is 62.8. The van der Waals surface area contributed by atoms with Crippen LogP contribution in [0.2, 0.25) is 0 Å². The van der Waals surface area contributed by atoms with Crippen LogP contribution in [0.3, 0.4) is 0 Å². The Balaban J connectivity index is 1.84. The second kappa shape index (κ2) is 68.8. The molecule has 0 bridgehead atoms. The number of carbonyl (C=O) groups is 8. The number of nitrogens with zero attached hydrogens (tertiary/aromatic N) is 3. The molecule has 36 nitrogen and oxygen atoms in total. The summed E-state index contributed by atoms with van der Waals surface area (Å²) in [5, 5.41) is 57.6. The minimum absolute atomic E-state index is 0.0671. The molecule has 38 heteroatoms. The third-order valence-corrected chi connectivity index (χ3v) is 14.3. The van der Waals surface area contributed by atoms with Crippen molar-refractivity contribution < 1.29 is 111 Å². The summed E-state index contributed by atoms with van der Waals surface area (Å²) < 4.78 is 66.1. The fraction of sp³-hybridized carbons (Fsp3) is 0.754. The monoisotopic (exact) mass is 1510 g/mol. The predicted octanol–water partition coefficient (Wildman–Crippen LogP) is -0.257. The molecule has 0 radical (unpaired) electrons. The molecule has 0 saturated heterocycles. The number of nitrogens with two attached hydrogens (primary N) is 1. The number of benzene rings is 1. The second-order valence-electron chi connectivity index (χ2n) is 22.4. The molecule has 14 N–H and O–H groups in total. The number of ether oxygens (including phenoxy) is 12. The highest BCUT2D eigenvalue weighted by atomic mass is 32.1. The van der Waals surface area contributed by atoms with Crippen LogP contribution < -0.4 is 53.6 Å². The second-order valence-corrected chi connectivity index (χ2v) is 23.2. The van der Waals surface area contributed by atoms with Crippen LogP contribution in [0, 0.1) is 0 Å². The van der Waals surface area contributed by atoms with Crippen LogP contribution in [0.4, 0.5) is 11.4 Å². The maximum atomic E-state index is 12.4. The predicted molar refractivity (Wildman–Crippen MR) is 385 cm³/mol. The molecule has 592 valence electrons. The van der Waals surface area contributed by atoms with E-state index in [-0.39, 0.29) is 95.8 Å². The minimum atomic E-state index is -0.571. The smallest absolute Gasteiger partial charge is 0.246 e. The Morgan fingerprint density at radius 2 is 0.592 bits per heavy atom. The molecule has 103 heavy (non-hydrogen) atoms. The van der Waals surface area contributed by atoms with Crippen molar-refractivity contribution in [3.63, 3.8) is 0 Å². The van der Waals surface area contributed by atoms with Gasteiger partial charge in [0.1, 0.15) is 0 Å². The van der Waals surface area contributed by atoms with Crippen molar-refractivity contribution in [1.29, 1.82) is 0 Å². The van der Waals surface area contributed by atoms with Crippen LogP contribution in [0.15, 0.2) is 24.3 Å². The number of hydrogen-bond donors (Lipinski definition) is 13. The van der Waals surface area contributed by atoms with E-state index >= 15 is 0 Å². The topological polar surface area (TPSA) is 452 Å². The fourth-order valence-corrected chi connectivity index (χ4v) is 8.63. The quantitative estimate of drug-likeness (QED) is 0.0173. The van der Waals surface area contributed by atoms with Gasteiger partial charge in [0.05, 0.1) is 178 Å². The van der Waals surface area contributed by atoms with Crippen molar-refractivity contribution in [3.8, 4) is 0 Å². The zero-order valence-corrected chi connectivity index (χ0v) is 61.6. The van der Waals surface area contributed by atoms with Gasteiger partial charge in [-0.3, -0.25) is 54.0 Å². The number of hydrogen-bond acceptors (Lipinski definition) is 26. The number of rotatable bonds is 70. The molecule has 0 atom stereocenters. The van der Waals surface area contributed by atoms with E-state index in [0.29, 0.717) is 248 Å². The average molecular weight is 1510 g/mol. The number of amides is 8. The molecule has 1 aromatic carbocycles. The summed E-state index contributed by atoms with van der Waals surface area (Å²) in [7, 11) is 0. The number of nitrogens with one attached hydrogen (secondary N) is 9. The first-order valence-corrected chi connectivity index (χ1v) is 35.9. The van der Waals surface area contributed by atoms with E-state index in [1.54, 1.807) is 0 Å². The third-order valence-electron chi connectivity index (χ3n) is 13.8. The van der Waals surface area contributed by atoms with Crippen molar-refractivity contribution in [2.75, 3.05) is 241 Å². The van der Waals surface area contributed by atoms with Crippen molar-refractivity contribution in [1.82, 2.24) is 52.4 Å². The van der Waals surface area contributed by atoms with Gasteiger partial charge in [-0.2, -0.15) is 0 Å². The molecule has 0 aliphatic heterocycles. The molecule has 8 amide bonds. The zero-order valence-electron chi connectivity index (χ0n) is 60.0. The lowest BCUT2D eigenvalue weighted by Gasteiger charge is -2.15. The number of thiocarbonyl (C=S) groups is 2. The van der Waals surface area contributed by atoms with E-state index in [0.717, 1.165) is 24.2 Å². The highest BCUT2D eigenvalue weighted by Crippen LogP contribution is 2.14. The van der Waals surface area contributed by atoms with Gasteiger partial charge in [-0.25, -0.2) is 15.2 Å². The molecule has 1 rings (SSSR count). The molecule has 0 fully saturated rings. The van der Waals surface area contributed by atoms with Gasteiger partial charge in [0, 0.05) is 96.3 Å². The molecule has 0 aromatic heterocycles. The summed E-state index contributed by atoms with van der Waals surface area (Å²) in [6.07, 6.45) is 5.19. The Labute approximate surface area is 615 Å². The number of unbranched alkanes of at least 4 members (excludes halogenated alkanes) is 6. The van der Waals surface area contributed by atoms with Gasteiger partial charge >= 0.3 is 0 Å². The van der Waals surface area contributed by atoms with Gasteiger partial charge in [0.25, 0.3) is 0 Å². The molecular weight excluding hydrogens is 1390 g/mol. The maximum absolute atomic E-state index is 12.4. The fourth-order valence-electron chi connectivity index (χ4n) is 8.19. The van der Waals surface area contributed by atoms with E-state index in [1.165, 1.54) is 6.92 Å². The highest BCUT2D eigenvalue weighted by Gasteiger charge is 2.16. The first kappa shape index (κ1) is 94.7. The van der Waals surface area contributed by atoms with Crippen LogP contribution in [-0.4, -0.2) is 319 Å². The largest absolute Gasteiger partial charge is 0.377 e. The summed E-state index contributed by atoms with van der Waals surface area (Å²) >= 11 is 10.8. The van der Waals surface area contributed by atoms with Gasteiger partial charge in [-0.15, -0.1) is 0 Å². The number of hydroxylamine groups is 6. The molecule has 0 aliphatic carbocycles. The van der Waals surface area contributed by atoms with Gasteiger partial charge in [0.15, 0.2) is 10.2 Å². The summed E-state index contributed by atoms with van der Waals surface area (Å²) in [6.45, 7) is 13.3. The van der Waals surface area contributed by atoms with Crippen LogP contribution >= 0.6 is 24.4 Å². The van der Waals surface area contributed by atoms with Crippen LogP contribution in [0.1, 0.15) is 90.4 Å². The van der Waals surface area contributed by atoms with Crippen LogP contribution in [0.5, 0.6) is 0 Å². The van der Waals surface area contributed by atoms with E-state index < -0.39 is 29.5 Å². The molecule has 0 heterocycles. The van der Waals surface area contributed by atoms with E-state index in [9.17, 15) is 54.0 Å². The van der Waals surface area contributed by atoms with Gasteiger partial charge in [0.2, 0.25) is 47.3 Å². The lowest BCUT2D eigenvalue weighted by atomic mass is 10.2. The molecule has 0 saturated carbocycles. The molecule has 1 aromatic rings. The van der Waals surface area contributed by atoms with E-state index in [4.69, 9.17) is 87.0 Å². The molecule has 0 aliphatic rings. The standard InChI is InChI=1S/C65H117N13O23S2/c1-54(79)76(87)24-8-2-5-19-67-57(80)15-17-62(85)77(88)25-9-3-6-20-68-58(81)16-18-63(86)78(89)26-10-4-7-21-70-64(102)74-55-11-13-56(14-12-55)75-65(103)71-23-28-91-30-32-93-34-36-95-38-40-97-42-44-99-46-48-101-50-49-100-47-45-98-43-41-96-39-37-94-35-33-92-31-29-90-27-22-69-60(83)52-73-61(84)53-72-59(82)51-66/h11-14,87-89H,2-10,15-53,66H2,1H3,(H,67,80)(H,68,81)(H,69,83)(H,72,82)(H,73,84)(H2,70,74,102)(H2,71,75,103). The van der Waals surface area contributed by atoms with Crippen LogP contribution in [0.25, 0.3) is 0 Å². The highest BCUT2D eigenvalue weighted by molar-refractivity contribution is 7.80. The van der Waals surface area contributed by atoms with Gasteiger partial charge < -0.3 is 110 Å². The minimum Gasteiger partial charge on any atom is -0.377 e. The van der Waals surface area contributed by atoms with Gasteiger partial charge in [-0.1, -0.05) is 0 Å². The molecule has 0 unspecified atom stereocenters. The van der Waals surface area contributed by atoms with Crippen molar-refractivity contribution in [3.05, 3.63) is 24.3 Å². The molecular formula is C65H117N13O23S2. The zero-order chi connectivity index (χ0) is 75.3. The van der Waals surface area contributed by atoms with Crippen molar-refractivity contribution >= 4 is 93.3 Å². The van der Waals surface area contributed by atoms with E-state index in [2.05, 4.69) is 47.9 Å². The van der Waals surface area contributed by atoms with Crippen LogP contribution in [-0.2, 0) is 95.2 Å². The number of anilines is 2. The Bertz CT molecular complexity index is 2410. The summed E-state index contributed by atoms with van der Waals surface area (Å²) in [6, 6.07) is 7.45. The number of carbonyl (C=O) groups excluding carboxylic acids is 8. The summed E-state index contributed by atoms with van der Waals surface area (Å²) in [5.74, 6) is -3.53. The van der Waals surface area contributed by atoms with Crippen molar-refractivity contribution in [2.45, 2.75) is 90.4 Å². The van der Waals surface area contributed by atoms with Crippen molar-refractivity contribution in [2.24, 2.45) is 5.73 Å². The Hall–Kier alpha value is -6.28. The lowest BCUT2D eigenvalue weighted by Crippen LogP contribution is -2.43. The first-order chi connectivity index (χ1) is 50.0. The SMILES string of the molecule is CC(=O)N(O)CCCCCNC(=O)CCC(=O)N(O)CCCCCNC(=O)CCC(=O)N(O)CCCCCNC(=S)Nc1ccc(NC(=S)NCCOCCOCCOCCOCCOCCOCCOCCOCCOCCOCCOCCOCCNC(=O)CNC(=O)CNC(=O)CN)cc1. The van der Waals surface area contributed by atoms with Gasteiger partial charge in [-0.05, 0) is 106 Å². The van der Waals surface area contributed by atoms with E-state index in [1.807, 2.05) is 24.3 Å². The average Bonchev–Trinajstić information content (AvgIpc) is 0.952. The first-order valence-electron chi connectivity index (χ1n) is 35.1. The Kier molecular flexibility index (Phi) is 63.3. The maximum Gasteiger partial charge on any atom is 0.246 e.